The number of hydrogen-bond donors (Lipinski definition) is 0. The van der Waals surface area contributed by atoms with Crippen molar-refractivity contribution in [2.45, 2.75) is 6.92 Å². The molecule has 0 unspecified atom stereocenters. The molecule has 0 aliphatic rings. The third kappa shape index (κ3) is 2.16. The first-order valence-electron chi connectivity index (χ1n) is 3.43. The Bertz CT molecular complexity index is 306. The fourth-order valence-electron chi connectivity index (χ4n) is 0.754. The zero-order valence-electron chi connectivity index (χ0n) is 6.60. The van der Waals surface area contributed by atoms with Crippen molar-refractivity contribution in [1.82, 2.24) is 4.98 Å². The second-order valence-electron chi connectivity index (χ2n) is 2.32. The summed E-state index contributed by atoms with van der Waals surface area (Å²) in [6.07, 6.45) is 4.69. The highest BCUT2D eigenvalue weighted by Gasteiger charge is 2.00. The average molecular weight is 164 g/mol. The molecule has 0 amide bonds. The van der Waals surface area contributed by atoms with Gasteiger partial charge in [-0.3, -0.25) is 15.1 Å². The van der Waals surface area contributed by atoms with Crippen LogP contribution in [-0.4, -0.2) is 9.91 Å². The summed E-state index contributed by atoms with van der Waals surface area (Å²) in [5.41, 5.74) is 0.917. The van der Waals surface area contributed by atoms with Crippen molar-refractivity contribution >= 4 is 6.08 Å². The maximum absolute atomic E-state index is 10.2. The van der Waals surface area contributed by atoms with Gasteiger partial charge >= 0.3 is 0 Å². The molecule has 62 valence electrons. The van der Waals surface area contributed by atoms with Crippen LogP contribution in [0.25, 0.3) is 6.08 Å². The highest BCUT2D eigenvalue weighted by atomic mass is 16.6. The quantitative estimate of drug-likeness (QED) is 0.494. The van der Waals surface area contributed by atoms with E-state index in [1.54, 1.807) is 24.5 Å². The molecule has 0 bridgehead atoms. The van der Waals surface area contributed by atoms with Crippen molar-refractivity contribution in [2.75, 3.05) is 0 Å². The monoisotopic (exact) mass is 164 g/mol. The van der Waals surface area contributed by atoms with Crippen LogP contribution in [-0.2, 0) is 0 Å². The lowest BCUT2D eigenvalue weighted by Crippen LogP contribution is -1.92. The first kappa shape index (κ1) is 8.39. The van der Waals surface area contributed by atoms with Gasteiger partial charge in [-0.2, -0.15) is 0 Å². The standard InChI is InChI=1S/C8H8N2O2/c1-7(10(11)12)6-8-2-4-9-5-3-8/h2-6H,1H3/b7-6-. The predicted molar refractivity (Wildman–Crippen MR) is 44.9 cm³/mol. The Morgan fingerprint density at radius 2 is 2.17 bits per heavy atom. The number of nitrogens with zero attached hydrogens (tertiary/aromatic N) is 2. The number of pyridine rings is 1. The molecule has 1 rings (SSSR count). The highest BCUT2D eigenvalue weighted by molar-refractivity contribution is 5.49. The summed E-state index contributed by atoms with van der Waals surface area (Å²) in [6, 6.07) is 3.43. The van der Waals surface area contributed by atoms with Gasteiger partial charge in [0.15, 0.2) is 0 Å². The lowest BCUT2D eigenvalue weighted by molar-refractivity contribution is -0.422. The molecule has 0 atom stereocenters. The summed E-state index contributed by atoms with van der Waals surface area (Å²) >= 11 is 0. The van der Waals surface area contributed by atoms with Crippen molar-refractivity contribution in [3.05, 3.63) is 45.9 Å². The Morgan fingerprint density at radius 3 is 2.67 bits per heavy atom. The van der Waals surface area contributed by atoms with Gasteiger partial charge in [0.2, 0.25) is 5.70 Å². The molecule has 0 spiro atoms. The van der Waals surface area contributed by atoms with Gasteiger partial charge in [0.25, 0.3) is 0 Å². The van der Waals surface area contributed by atoms with Gasteiger partial charge in [0.05, 0.1) is 4.92 Å². The number of allylic oxidation sites excluding steroid dienone is 1. The van der Waals surface area contributed by atoms with Crippen molar-refractivity contribution in [2.24, 2.45) is 0 Å². The first-order valence-corrected chi connectivity index (χ1v) is 3.43. The summed E-state index contributed by atoms with van der Waals surface area (Å²) in [5.74, 6) is 0. The topological polar surface area (TPSA) is 56.0 Å². The largest absolute Gasteiger partial charge is 0.265 e. The second-order valence-corrected chi connectivity index (χ2v) is 2.32. The summed E-state index contributed by atoms with van der Waals surface area (Å²) < 4.78 is 0. The van der Waals surface area contributed by atoms with E-state index in [0.717, 1.165) is 5.56 Å². The molecule has 0 aromatic carbocycles. The van der Waals surface area contributed by atoms with Crippen LogP contribution in [0.5, 0.6) is 0 Å². The van der Waals surface area contributed by atoms with Crippen LogP contribution in [0.2, 0.25) is 0 Å². The number of aromatic nitrogens is 1. The smallest absolute Gasteiger partial charge is 0.243 e. The van der Waals surface area contributed by atoms with Gasteiger partial charge in [-0.1, -0.05) is 0 Å². The van der Waals surface area contributed by atoms with Crippen LogP contribution < -0.4 is 0 Å². The van der Waals surface area contributed by atoms with Gasteiger partial charge < -0.3 is 0 Å². The summed E-state index contributed by atoms with van der Waals surface area (Å²) in [4.78, 5) is 13.6. The maximum atomic E-state index is 10.2. The Kier molecular flexibility index (Phi) is 2.53. The molecule has 0 radical (unpaired) electrons. The molecule has 0 aliphatic carbocycles. The molecule has 0 saturated heterocycles. The minimum absolute atomic E-state index is 0.126. The van der Waals surface area contributed by atoms with Crippen molar-refractivity contribution in [3.63, 3.8) is 0 Å². The van der Waals surface area contributed by atoms with E-state index in [1.807, 2.05) is 0 Å². The van der Waals surface area contributed by atoms with E-state index in [-0.39, 0.29) is 5.70 Å². The minimum Gasteiger partial charge on any atom is -0.265 e. The first-order chi connectivity index (χ1) is 5.70. The lowest BCUT2D eigenvalue weighted by Gasteiger charge is -1.90. The Balaban J connectivity index is 2.89. The number of nitro groups is 1. The molecule has 1 aromatic rings. The molecular formula is C8H8N2O2. The van der Waals surface area contributed by atoms with Crippen molar-refractivity contribution < 1.29 is 4.92 Å². The van der Waals surface area contributed by atoms with Gasteiger partial charge in [0, 0.05) is 25.4 Å². The lowest BCUT2D eigenvalue weighted by atomic mass is 10.2. The molecule has 4 nitrogen and oxygen atoms in total. The van der Waals surface area contributed by atoms with Crippen LogP contribution in [0.1, 0.15) is 12.5 Å². The van der Waals surface area contributed by atoms with Crippen LogP contribution in [0, 0.1) is 10.1 Å². The van der Waals surface area contributed by atoms with E-state index < -0.39 is 4.92 Å². The normalized spacial score (nSPS) is 11.2. The summed E-state index contributed by atoms with van der Waals surface area (Å²) in [6.45, 7) is 1.46. The summed E-state index contributed by atoms with van der Waals surface area (Å²) in [7, 11) is 0. The Hall–Kier alpha value is -1.71. The van der Waals surface area contributed by atoms with Gasteiger partial charge in [-0.05, 0) is 17.7 Å². The second kappa shape index (κ2) is 3.61. The molecular weight excluding hydrogens is 156 g/mol. The van der Waals surface area contributed by atoms with Crippen molar-refractivity contribution in [3.8, 4) is 0 Å². The Labute approximate surface area is 69.7 Å². The van der Waals surface area contributed by atoms with Crippen LogP contribution in [0.15, 0.2) is 30.2 Å². The molecule has 1 heterocycles. The number of hydrogen-bond acceptors (Lipinski definition) is 3. The zero-order valence-corrected chi connectivity index (χ0v) is 6.60. The predicted octanol–water partition coefficient (Wildman–Crippen LogP) is 1.72. The van der Waals surface area contributed by atoms with E-state index in [2.05, 4.69) is 4.98 Å². The molecule has 0 fully saturated rings. The van der Waals surface area contributed by atoms with E-state index in [1.165, 1.54) is 13.0 Å². The Morgan fingerprint density at radius 1 is 1.58 bits per heavy atom. The third-order valence-corrected chi connectivity index (χ3v) is 1.37. The van der Waals surface area contributed by atoms with Crippen molar-refractivity contribution in [1.29, 1.82) is 0 Å². The highest BCUT2D eigenvalue weighted by Crippen LogP contribution is 2.04. The van der Waals surface area contributed by atoms with E-state index in [4.69, 9.17) is 0 Å². The maximum Gasteiger partial charge on any atom is 0.243 e. The molecule has 0 aliphatic heterocycles. The van der Waals surface area contributed by atoms with Crippen LogP contribution in [0.3, 0.4) is 0 Å². The average Bonchev–Trinajstić information content (AvgIpc) is 2.06. The minimum atomic E-state index is -0.416. The van der Waals surface area contributed by atoms with Crippen LogP contribution >= 0.6 is 0 Å². The van der Waals surface area contributed by atoms with Gasteiger partial charge in [0.1, 0.15) is 0 Å². The van der Waals surface area contributed by atoms with E-state index >= 15 is 0 Å². The molecule has 0 N–H and O–H groups in total. The van der Waals surface area contributed by atoms with Gasteiger partial charge in [-0.15, -0.1) is 0 Å². The molecule has 0 saturated carbocycles. The summed E-state index contributed by atoms with van der Waals surface area (Å²) in [5, 5.41) is 10.2. The fourth-order valence-corrected chi connectivity index (χ4v) is 0.754. The fraction of sp³-hybridized carbons (Fsp3) is 0.125. The third-order valence-electron chi connectivity index (χ3n) is 1.37. The molecule has 12 heavy (non-hydrogen) atoms. The van der Waals surface area contributed by atoms with E-state index in [0.29, 0.717) is 0 Å². The zero-order chi connectivity index (χ0) is 8.97. The number of rotatable bonds is 2. The van der Waals surface area contributed by atoms with Crippen LogP contribution in [0.4, 0.5) is 0 Å². The van der Waals surface area contributed by atoms with E-state index in [9.17, 15) is 10.1 Å². The SMILES string of the molecule is C/C(=C/c1ccncc1)[N+](=O)[O-]. The molecule has 4 heteroatoms. The molecule has 1 aromatic heterocycles. The van der Waals surface area contributed by atoms with Gasteiger partial charge in [-0.25, -0.2) is 0 Å².